The van der Waals surface area contributed by atoms with Crippen molar-refractivity contribution < 1.29 is 14.6 Å². The van der Waals surface area contributed by atoms with Crippen molar-refractivity contribution in [2.45, 2.75) is 6.42 Å². The van der Waals surface area contributed by atoms with Crippen molar-refractivity contribution >= 4 is 29.3 Å². The molecule has 4 nitrogen and oxygen atoms in total. The fourth-order valence-electron chi connectivity index (χ4n) is 1.60. The van der Waals surface area contributed by atoms with Gasteiger partial charge in [0.1, 0.15) is 11.3 Å². The van der Waals surface area contributed by atoms with Crippen LogP contribution in [0.4, 0.5) is 0 Å². The molecule has 0 unspecified atom stereocenters. The lowest BCUT2D eigenvalue weighted by molar-refractivity contribution is -0.139. The van der Waals surface area contributed by atoms with Crippen LogP contribution in [0.25, 0.3) is 10.9 Å². The Morgan fingerprint density at radius 1 is 1.41 bits per heavy atom. The van der Waals surface area contributed by atoms with Crippen LogP contribution in [0, 0.1) is 0 Å². The van der Waals surface area contributed by atoms with Crippen molar-refractivity contribution in [1.29, 1.82) is 0 Å². The first-order chi connectivity index (χ1) is 7.72. The molecule has 1 heterocycles. The number of phenols is 1. The van der Waals surface area contributed by atoms with E-state index in [4.69, 9.17) is 0 Å². The molecule has 1 N–H and O–H groups in total. The molecule has 2 rings (SSSR count). The van der Waals surface area contributed by atoms with Crippen molar-refractivity contribution in [3.8, 4) is 5.75 Å². The predicted molar refractivity (Wildman–Crippen MR) is 66.4 cm³/mol. The van der Waals surface area contributed by atoms with Gasteiger partial charge in [0.2, 0.25) is 0 Å². The third-order valence-electron chi connectivity index (χ3n) is 2.40. The number of phenolic OH excluding ortho intramolecular Hbond substituents is 1. The van der Waals surface area contributed by atoms with Crippen LogP contribution in [0.3, 0.4) is 0 Å². The molecule has 0 saturated heterocycles. The molecule has 0 atom stereocenters. The molecular formula is C12H12ClNO3. The van der Waals surface area contributed by atoms with E-state index in [1.165, 1.54) is 13.2 Å². The van der Waals surface area contributed by atoms with Gasteiger partial charge in [-0.15, -0.1) is 12.4 Å². The van der Waals surface area contributed by atoms with E-state index in [0.717, 1.165) is 10.9 Å². The van der Waals surface area contributed by atoms with Crippen molar-refractivity contribution in [1.82, 2.24) is 4.98 Å². The first-order valence-corrected chi connectivity index (χ1v) is 4.85. The monoisotopic (exact) mass is 253 g/mol. The van der Waals surface area contributed by atoms with Gasteiger partial charge in [-0.25, -0.2) is 0 Å². The second-order valence-electron chi connectivity index (χ2n) is 3.40. The summed E-state index contributed by atoms with van der Waals surface area (Å²) in [7, 11) is 1.35. The number of hydrogen-bond acceptors (Lipinski definition) is 4. The van der Waals surface area contributed by atoms with Crippen molar-refractivity contribution in [2.24, 2.45) is 0 Å². The zero-order chi connectivity index (χ0) is 11.5. The molecule has 1 aromatic heterocycles. The molecule has 1 aromatic carbocycles. The number of pyridine rings is 1. The highest BCUT2D eigenvalue weighted by atomic mass is 35.5. The van der Waals surface area contributed by atoms with Crippen LogP contribution in [0.1, 0.15) is 5.56 Å². The molecule has 0 aliphatic heterocycles. The van der Waals surface area contributed by atoms with Crippen LogP contribution < -0.4 is 0 Å². The van der Waals surface area contributed by atoms with Gasteiger partial charge in [-0.05, 0) is 17.7 Å². The molecule has 0 amide bonds. The predicted octanol–water partition coefficient (Wildman–Crippen LogP) is 2.08. The summed E-state index contributed by atoms with van der Waals surface area (Å²) in [6, 6.07) is 6.83. The number of methoxy groups -OCH3 is 1. The highest BCUT2D eigenvalue weighted by molar-refractivity contribution is 5.90. The molecule has 0 aliphatic rings. The molecule has 0 fully saturated rings. The van der Waals surface area contributed by atoms with E-state index in [-0.39, 0.29) is 30.5 Å². The summed E-state index contributed by atoms with van der Waals surface area (Å²) in [5, 5.41) is 10.4. The number of carbonyl (C=O) groups is 1. The Hall–Kier alpha value is -1.81. The fraction of sp³-hybridized carbons (Fsp3) is 0.167. The number of aromatic nitrogens is 1. The van der Waals surface area contributed by atoms with Gasteiger partial charge >= 0.3 is 5.97 Å². The zero-order valence-electron chi connectivity index (χ0n) is 9.21. The third kappa shape index (κ3) is 2.65. The third-order valence-corrected chi connectivity index (χ3v) is 2.40. The van der Waals surface area contributed by atoms with E-state index >= 15 is 0 Å². The molecule has 0 aliphatic carbocycles. The standard InChI is InChI=1S/C12H11NO3.ClH/c1-16-11(15)7-8-4-5-10(14)12-9(8)3-2-6-13-12;/h2-6,14H,7H2,1H3;1H. The second kappa shape index (κ2) is 5.50. The van der Waals surface area contributed by atoms with Crippen LogP contribution in [0.2, 0.25) is 0 Å². The molecule has 0 radical (unpaired) electrons. The van der Waals surface area contributed by atoms with Crippen molar-refractivity contribution in [3.05, 3.63) is 36.0 Å². The maximum Gasteiger partial charge on any atom is 0.310 e. The minimum atomic E-state index is -0.309. The zero-order valence-corrected chi connectivity index (χ0v) is 10.0. The number of halogens is 1. The largest absolute Gasteiger partial charge is 0.506 e. The van der Waals surface area contributed by atoms with E-state index in [0.29, 0.717) is 5.52 Å². The Bertz CT molecular complexity index is 542. The minimum absolute atomic E-state index is 0. The number of esters is 1. The van der Waals surface area contributed by atoms with E-state index in [2.05, 4.69) is 9.72 Å². The Morgan fingerprint density at radius 2 is 2.18 bits per heavy atom. The topological polar surface area (TPSA) is 59.4 Å². The molecular weight excluding hydrogens is 242 g/mol. The Morgan fingerprint density at radius 3 is 2.88 bits per heavy atom. The van der Waals surface area contributed by atoms with Crippen LogP contribution in [0.15, 0.2) is 30.5 Å². The molecule has 2 aromatic rings. The number of rotatable bonds is 2. The van der Waals surface area contributed by atoms with Gasteiger partial charge < -0.3 is 9.84 Å². The molecule has 0 bridgehead atoms. The summed E-state index contributed by atoms with van der Waals surface area (Å²) in [6.45, 7) is 0. The maximum atomic E-state index is 11.2. The average Bonchev–Trinajstić information content (AvgIpc) is 2.33. The quantitative estimate of drug-likeness (QED) is 0.833. The lowest BCUT2D eigenvalue weighted by atomic mass is 10.1. The summed E-state index contributed by atoms with van der Waals surface area (Å²) in [4.78, 5) is 15.3. The summed E-state index contributed by atoms with van der Waals surface area (Å²) in [6.07, 6.45) is 1.78. The Kier molecular flexibility index (Phi) is 4.29. The smallest absolute Gasteiger partial charge is 0.310 e. The minimum Gasteiger partial charge on any atom is -0.506 e. The van der Waals surface area contributed by atoms with Crippen molar-refractivity contribution in [3.63, 3.8) is 0 Å². The first kappa shape index (κ1) is 13.3. The number of benzene rings is 1. The summed E-state index contributed by atoms with van der Waals surface area (Å²) in [5.41, 5.74) is 1.30. The number of hydrogen-bond donors (Lipinski definition) is 1. The number of ether oxygens (including phenoxy) is 1. The Labute approximate surface area is 105 Å². The van der Waals surface area contributed by atoms with Crippen LogP contribution >= 0.6 is 12.4 Å². The van der Waals surface area contributed by atoms with E-state index < -0.39 is 0 Å². The van der Waals surface area contributed by atoms with Crippen LogP contribution in [0.5, 0.6) is 5.75 Å². The van der Waals surface area contributed by atoms with Crippen molar-refractivity contribution in [2.75, 3.05) is 7.11 Å². The van der Waals surface area contributed by atoms with Gasteiger partial charge in [-0.1, -0.05) is 12.1 Å². The van der Waals surface area contributed by atoms with Gasteiger partial charge in [0.25, 0.3) is 0 Å². The number of nitrogens with zero attached hydrogens (tertiary/aromatic N) is 1. The van der Waals surface area contributed by atoms with Gasteiger partial charge in [0.15, 0.2) is 0 Å². The van der Waals surface area contributed by atoms with E-state index in [1.54, 1.807) is 18.3 Å². The van der Waals surface area contributed by atoms with Crippen LogP contribution in [-0.4, -0.2) is 23.2 Å². The normalized spacial score (nSPS) is 9.71. The highest BCUT2D eigenvalue weighted by Crippen LogP contribution is 2.25. The molecule has 17 heavy (non-hydrogen) atoms. The molecule has 0 spiro atoms. The first-order valence-electron chi connectivity index (χ1n) is 4.85. The lowest BCUT2D eigenvalue weighted by Gasteiger charge is -2.06. The van der Waals surface area contributed by atoms with Gasteiger partial charge in [0.05, 0.1) is 13.5 Å². The number of carbonyl (C=O) groups excluding carboxylic acids is 1. The average molecular weight is 254 g/mol. The lowest BCUT2D eigenvalue weighted by Crippen LogP contribution is -2.04. The summed E-state index contributed by atoms with van der Waals surface area (Å²) < 4.78 is 4.61. The number of aromatic hydroxyl groups is 1. The highest BCUT2D eigenvalue weighted by Gasteiger charge is 2.09. The summed E-state index contributed by atoms with van der Waals surface area (Å²) >= 11 is 0. The SMILES string of the molecule is COC(=O)Cc1ccc(O)c2ncccc12.Cl. The van der Waals surface area contributed by atoms with Gasteiger partial charge in [-0.2, -0.15) is 0 Å². The summed E-state index contributed by atoms with van der Waals surface area (Å²) in [5.74, 6) is -0.194. The molecule has 90 valence electrons. The molecule has 5 heteroatoms. The Balaban J connectivity index is 0.00000144. The van der Waals surface area contributed by atoms with E-state index in [9.17, 15) is 9.90 Å². The van der Waals surface area contributed by atoms with Crippen LogP contribution in [-0.2, 0) is 16.0 Å². The fourth-order valence-corrected chi connectivity index (χ4v) is 1.60. The van der Waals surface area contributed by atoms with Gasteiger partial charge in [0, 0.05) is 11.6 Å². The van der Waals surface area contributed by atoms with E-state index in [1.807, 2.05) is 6.07 Å². The second-order valence-corrected chi connectivity index (χ2v) is 3.40. The number of fused-ring (bicyclic) bond motifs is 1. The molecule has 0 saturated carbocycles. The van der Waals surface area contributed by atoms with Gasteiger partial charge in [-0.3, -0.25) is 9.78 Å². The maximum absolute atomic E-state index is 11.2.